The van der Waals surface area contributed by atoms with E-state index in [4.69, 9.17) is 4.74 Å². The molecule has 3 nitrogen and oxygen atoms in total. The molecule has 0 aliphatic carbocycles. The fourth-order valence-corrected chi connectivity index (χ4v) is 3.28. The van der Waals surface area contributed by atoms with Gasteiger partial charge in [-0.2, -0.15) is 0 Å². The van der Waals surface area contributed by atoms with Crippen molar-refractivity contribution in [2.45, 2.75) is 6.04 Å². The number of nitrogens with zero attached hydrogens (tertiary/aromatic N) is 1. The number of carbonyl (C=O) groups is 1. The number of β-lactam (4-membered cyclic amide) rings is 1. The van der Waals surface area contributed by atoms with E-state index in [1.54, 1.807) is 6.26 Å². The third-order valence-corrected chi connectivity index (χ3v) is 4.55. The average Bonchev–Trinajstić information content (AvgIpc) is 2.71. The maximum absolute atomic E-state index is 12.8. The topological polar surface area (TPSA) is 29.5 Å². The van der Waals surface area contributed by atoms with Crippen LogP contribution in [0.5, 0.6) is 5.75 Å². The number of amides is 1. The lowest BCUT2D eigenvalue weighted by Gasteiger charge is -2.46. The van der Waals surface area contributed by atoms with Crippen molar-refractivity contribution < 1.29 is 9.53 Å². The monoisotopic (exact) mass is 341 g/mol. The van der Waals surface area contributed by atoms with Crippen LogP contribution in [0.4, 0.5) is 5.69 Å². The van der Waals surface area contributed by atoms with Gasteiger partial charge in [-0.15, -0.1) is 0 Å². The summed E-state index contributed by atoms with van der Waals surface area (Å²) in [4.78, 5) is 14.7. The highest BCUT2D eigenvalue weighted by Crippen LogP contribution is 2.43. The summed E-state index contributed by atoms with van der Waals surface area (Å²) in [6.07, 6.45) is 3.47. The summed E-state index contributed by atoms with van der Waals surface area (Å²) in [5.74, 6) is 0.603. The molecule has 3 aromatic carbocycles. The Morgan fingerprint density at radius 2 is 1.35 bits per heavy atom. The Balaban J connectivity index is 1.58. The summed E-state index contributed by atoms with van der Waals surface area (Å²) in [6, 6.07) is 29.4. The van der Waals surface area contributed by atoms with Crippen molar-refractivity contribution in [1.29, 1.82) is 0 Å². The molecule has 2 atom stereocenters. The van der Waals surface area contributed by atoms with Crippen molar-refractivity contribution >= 4 is 11.6 Å². The van der Waals surface area contributed by atoms with Crippen LogP contribution in [0.3, 0.4) is 0 Å². The Labute approximate surface area is 153 Å². The van der Waals surface area contributed by atoms with Crippen molar-refractivity contribution in [2.24, 2.45) is 5.92 Å². The molecule has 1 saturated heterocycles. The Morgan fingerprint density at radius 1 is 0.769 bits per heavy atom. The second-order valence-corrected chi connectivity index (χ2v) is 6.18. The predicted molar refractivity (Wildman–Crippen MR) is 103 cm³/mol. The Kier molecular flexibility index (Phi) is 4.52. The van der Waals surface area contributed by atoms with Crippen LogP contribution in [0.2, 0.25) is 0 Å². The predicted octanol–water partition coefficient (Wildman–Crippen LogP) is 4.98. The molecular weight excluding hydrogens is 322 g/mol. The highest BCUT2D eigenvalue weighted by atomic mass is 16.5. The first-order valence-corrected chi connectivity index (χ1v) is 8.66. The molecule has 4 rings (SSSR count). The van der Waals surface area contributed by atoms with Gasteiger partial charge in [0.2, 0.25) is 5.91 Å². The van der Waals surface area contributed by atoms with Crippen LogP contribution in [0, 0.1) is 5.92 Å². The molecule has 1 amide bonds. The van der Waals surface area contributed by atoms with Crippen molar-refractivity contribution in [3.63, 3.8) is 0 Å². The van der Waals surface area contributed by atoms with E-state index in [-0.39, 0.29) is 17.9 Å². The van der Waals surface area contributed by atoms with E-state index in [2.05, 4.69) is 12.1 Å². The van der Waals surface area contributed by atoms with Gasteiger partial charge in [-0.3, -0.25) is 4.79 Å². The number of hydrogen-bond donors (Lipinski definition) is 0. The van der Waals surface area contributed by atoms with E-state index >= 15 is 0 Å². The lowest BCUT2D eigenvalue weighted by molar-refractivity contribution is -0.128. The minimum absolute atomic E-state index is 0.0262. The van der Waals surface area contributed by atoms with Crippen molar-refractivity contribution in [3.05, 3.63) is 109 Å². The van der Waals surface area contributed by atoms with Crippen LogP contribution in [-0.4, -0.2) is 5.91 Å². The van der Waals surface area contributed by atoms with E-state index < -0.39 is 0 Å². The van der Waals surface area contributed by atoms with Gasteiger partial charge < -0.3 is 9.64 Å². The molecule has 128 valence electrons. The molecule has 26 heavy (non-hydrogen) atoms. The summed E-state index contributed by atoms with van der Waals surface area (Å²) in [6.45, 7) is 0. The number of rotatable bonds is 5. The summed E-state index contributed by atoms with van der Waals surface area (Å²) >= 11 is 0. The Hall–Kier alpha value is -3.33. The first-order valence-electron chi connectivity index (χ1n) is 8.66. The lowest BCUT2D eigenvalue weighted by atomic mass is 9.82. The molecular formula is C23H19NO2. The molecule has 1 aliphatic heterocycles. The van der Waals surface area contributed by atoms with Crippen molar-refractivity contribution in [2.75, 3.05) is 4.90 Å². The van der Waals surface area contributed by atoms with Crippen LogP contribution >= 0.6 is 0 Å². The SMILES string of the molecule is O=C1[C@H](/C=C\Oc2ccccc2)[C@@H](c2ccccc2)N1c1ccccc1. The zero-order valence-electron chi connectivity index (χ0n) is 14.2. The standard InChI is InChI=1S/C23H19NO2/c25-23-21(16-17-26-20-14-8-3-9-15-20)22(18-10-4-1-5-11-18)24(23)19-12-6-2-7-13-19/h1-17,21-22H/b17-16-/t21-,22-/m1/s1. The van der Waals surface area contributed by atoms with Gasteiger partial charge in [-0.25, -0.2) is 0 Å². The van der Waals surface area contributed by atoms with Crippen LogP contribution in [0.25, 0.3) is 0 Å². The molecule has 0 spiro atoms. The molecule has 0 bridgehead atoms. The molecule has 0 N–H and O–H groups in total. The summed E-state index contributed by atoms with van der Waals surface area (Å²) in [7, 11) is 0. The van der Waals surface area contributed by atoms with Crippen molar-refractivity contribution in [1.82, 2.24) is 0 Å². The number of anilines is 1. The number of ether oxygens (including phenoxy) is 1. The van der Waals surface area contributed by atoms with Crippen LogP contribution in [0.1, 0.15) is 11.6 Å². The van der Waals surface area contributed by atoms with Gasteiger partial charge in [-0.1, -0.05) is 66.7 Å². The number of carbonyl (C=O) groups excluding carboxylic acids is 1. The lowest BCUT2D eigenvalue weighted by Crippen LogP contribution is -2.54. The summed E-state index contributed by atoms with van der Waals surface area (Å²) < 4.78 is 5.63. The van der Waals surface area contributed by atoms with E-state index in [1.807, 2.05) is 89.8 Å². The molecule has 0 saturated carbocycles. The molecule has 1 fully saturated rings. The van der Waals surface area contributed by atoms with Gasteiger partial charge in [-0.05, 0) is 35.9 Å². The molecule has 0 radical (unpaired) electrons. The van der Waals surface area contributed by atoms with Gasteiger partial charge >= 0.3 is 0 Å². The van der Waals surface area contributed by atoms with Gasteiger partial charge in [0.15, 0.2) is 0 Å². The highest BCUT2D eigenvalue weighted by molar-refractivity contribution is 6.04. The second-order valence-electron chi connectivity index (χ2n) is 6.18. The first-order chi connectivity index (χ1) is 12.8. The minimum Gasteiger partial charge on any atom is -0.465 e. The zero-order valence-corrected chi connectivity index (χ0v) is 14.2. The number of benzene rings is 3. The molecule has 1 heterocycles. The van der Waals surface area contributed by atoms with E-state index in [0.29, 0.717) is 0 Å². The molecule has 0 aromatic heterocycles. The summed E-state index contributed by atoms with van der Waals surface area (Å²) in [5, 5.41) is 0. The molecule has 1 aliphatic rings. The Bertz CT molecular complexity index is 891. The Morgan fingerprint density at radius 3 is 2.00 bits per heavy atom. The first kappa shape index (κ1) is 16.2. The van der Waals surface area contributed by atoms with Gasteiger partial charge in [0, 0.05) is 5.69 Å². The molecule has 3 heteroatoms. The van der Waals surface area contributed by atoms with Crippen LogP contribution in [0.15, 0.2) is 103 Å². The number of hydrogen-bond acceptors (Lipinski definition) is 2. The van der Waals surface area contributed by atoms with Gasteiger partial charge in [0.25, 0.3) is 0 Å². The van der Waals surface area contributed by atoms with Crippen molar-refractivity contribution in [3.8, 4) is 5.75 Å². The third-order valence-electron chi connectivity index (χ3n) is 4.55. The second kappa shape index (κ2) is 7.28. The van der Waals surface area contributed by atoms with Crippen LogP contribution in [-0.2, 0) is 4.79 Å². The molecule has 3 aromatic rings. The quantitative estimate of drug-likeness (QED) is 0.484. The van der Waals surface area contributed by atoms with E-state index in [1.165, 1.54) is 0 Å². The highest BCUT2D eigenvalue weighted by Gasteiger charge is 2.47. The minimum atomic E-state index is -0.235. The summed E-state index contributed by atoms with van der Waals surface area (Å²) in [5.41, 5.74) is 2.03. The smallest absolute Gasteiger partial charge is 0.237 e. The van der Waals surface area contributed by atoms with E-state index in [9.17, 15) is 4.79 Å². The molecule has 0 unspecified atom stereocenters. The van der Waals surface area contributed by atoms with Gasteiger partial charge in [0.1, 0.15) is 5.75 Å². The number of para-hydroxylation sites is 2. The zero-order chi connectivity index (χ0) is 17.8. The third kappa shape index (κ3) is 3.11. The maximum Gasteiger partial charge on any atom is 0.237 e. The maximum atomic E-state index is 12.8. The van der Waals surface area contributed by atoms with Crippen LogP contribution < -0.4 is 9.64 Å². The normalized spacial score (nSPS) is 19.4. The average molecular weight is 341 g/mol. The fraction of sp³-hybridized carbons (Fsp3) is 0.0870. The van der Waals surface area contributed by atoms with E-state index in [0.717, 1.165) is 17.0 Å². The van der Waals surface area contributed by atoms with Gasteiger partial charge in [0.05, 0.1) is 18.2 Å². The largest absolute Gasteiger partial charge is 0.465 e. The fourth-order valence-electron chi connectivity index (χ4n) is 3.28.